The van der Waals surface area contributed by atoms with Gasteiger partial charge in [0, 0.05) is 45.3 Å². The van der Waals surface area contributed by atoms with Crippen molar-refractivity contribution in [2.24, 2.45) is 0 Å². The standard InChI is InChI=1S/C19H24N4O5/c20-13-15(18(26)21-7-3-1-2-6-17(24)25)14-22-8-10-23(11-9-22)19(27)16-5-4-12-28-16/h4-5,12,14H,1-3,6-11H2,(H,21,26)(H,24,25)/b15-14-. The summed E-state index contributed by atoms with van der Waals surface area (Å²) in [4.78, 5) is 38.3. The molecule has 0 aromatic carbocycles. The van der Waals surface area contributed by atoms with Crippen molar-refractivity contribution in [2.45, 2.75) is 25.7 Å². The molecule has 2 amide bonds. The Morgan fingerprint density at radius 2 is 1.96 bits per heavy atom. The lowest BCUT2D eigenvalue weighted by molar-refractivity contribution is -0.137. The van der Waals surface area contributed by atoms with Crippen molar-refractivity contribution in [3.8, 4) is 6.07 Å². The lowest BCUT2D eigenvalue weighted by Crippen LogP contribution is -2.47. The molecule has 0 saturated carbocycles. The molecule has 9 heteroatoms. The van der Waals surface area contributed by atoms with E-state index in [1.807, 2.05) is 11.0 Å². The first-order chi connectivity index (χ1) is 13.5. The zero-order chi connectivity index (χ0) is 20.4. The Hall–Kier alpha value is -3.28. The minimum Gasteiger partial charge on any atom is -0.481 e. The number of rotatable bonds is 9. The molecule has 1 aromatic rings. The van der Waals surface area contributed by atoms with Gasteiger partial charge in [0.1, 0.15) is 11.6 Å². The predicted octanol–water partition coefficient (Wildman–Crippen LogP) is 1.21. The lowest BCUT2D eigenvalue weighted by Gasteiger charge is -2.33. The molecule has 9 nitrogen and oxygen atoms in total. The predicted molar refractivity (Wildman–Crippen MR) is 99.0 cm³/mol. The van der Waals surface area contributed by atoms with E-state index < -0.39 is 11.9 Å². The number of nitrogens with zero attached hydrogens (tertiary/aromatic N) is 3. The molecule has 1 fully saturated rings. The number of amides is 2. The third-order valence-corrected chi connectivity index (χ3v) is 4.36. The summed E-state index contributed by atoms with van der Waals surface area (Å²) in [5.41, 5.74) is 0.0105. The number of nitrogens with one attached hydrogen (secondary N) is 1. The molecule has 0 atom stereocenters. The van der Waals surface area contributed by atoms with Crippen LogP contribution in [0.5, 0.6) is 0 Å². The molecule has 2 rings (SSSR count). The number of piperazine rings is 1. The second kappa shape index (κ2) is 10.8. The molecule has 28 heavy (non-hydrogen) atoms. The van der Waals surface area contributed by atoms with Crippen LogP contribution in [0.3, 0.4) is 0 Å². The molecule has 2 N–H and O–H groups in total. The molecular formula is C19H24N4O5. The molecule has 1 aliphatic rings. The summed E-state index contributed by atoms with van der Waals surface area (Å²) >= 11 is 0. The number of carboxylic acids is 1. The van der Waals surface area contributed by atoms with E-state index in [0.29, 0.717) is 57.7 Å². The molecule has 1 aliphatic heterocycles. The highest BCUT2D eigenvalue weighted by atomic mass is 16.4. The summed E-state index contributed by atoms with van der Waals surface area (Å²) in [6.45, 7) is 2.36. The molecule has 2 heterocycles. The largest absolute Gasteiger partial charge is 0.481 e. The normalized spacial score (nSPS) is 14.5. The van der Waals surface area contributed by atoms with Gasteiger partial charge in [0.15, 0.2) is 5.76 Å². The maximum absolute atomic E-state index is 12.2. The average Bonchev–Trinajstić information content (AvgIpc) is 3.23. The molecule has 1 aromatic heterocycles. The van der Waals surface area contributed by atoms with Crippen molar-refractivity contribution in [1.82, 2.24) is 15.1 Å². The van der Waals surface area contributed by atoms with Crippen molar-refractivity contribution in [3.63, 3.8) is 0 Å². The van der Waals surface area contributed by atoms with Crippen LogP contribution in [-0.2, 0) is 9.59 Å². The Balaban J connectivity index is 1.75. The van der Waals surface area contributed by atoms with Gasteiger partial charge in [0.05, 0.1) is 6.26 Å². The summed E-state index contributed by atoms with van der Waals surface area (Å²) in [6.07, 6.45) is 5.01. The van der Waals surface area contributed by atoms with E-state index in [9.17, 15) is 19.6 Å². The maximum Gasteiger partial charge on any atom is 0.303 e. The number of aliphatic carboxylic acids is 1. The quantitative estimate of drug-likeness (QED) is 0.370. The second-order valence-electron chi connectivity index (χ2n) is 6.42. The zero-order valence-electron chi connectivity index (χ0n) is 15.6. The van der Waals surface area contributed by atoms with Gasteiger partial charge in [-0.05, 0) is 25.0 Å². The Labute approximate surface area is 163 Å². The van der Waals surface area contributed by atoms with Gasteiger partial charge in [0.25, 0.3) is 11.8 Å². The Kier molecular flexibility index (Phi) is 8.09. The summed E-state index contributed by atoms with van der Waals surface area (Å²) < 4.78 is 5.12. The molecule has 0 aliphatic carbocycles. The van der Waals surface area contributed by atoms with Crippen molar-refractivity contribution in [3.05, 3.63) is 35.9 Å². The zero-order valence-corrected chi connectivity index (χ0v) is 15.6. The molecule has 150 valence electrons. The molecule has 0 unspecified atom stereocenters. The summed E-state index contributed by atoms with van der Waals surface area (Å²) in [5, 5.41) is 20.5. The number of carbonyl (C=O) groups excluding carboxylic acids is 2. The van der Waals surface area contributed by atoms with Crippen LogP contribution in [0, 0.1) is 11.3 Å². The van der Waals surface area contributed by atoms with Crippen LogP contribution in [-0.4, -0.2) is 65.4 Å². The molecule has 0 spiro atoms. The molecular weight excluding hydrogens is 364 g/mol. The topological polar surface area (TPSA) is 127 Å². The van der Waals surface area contributed by atoms with Gasteiger partial charge in [-0.1, -0.05) is 6.42 Å². The first-order valence-electron chi connectivity index (χ1n) is 9.20. The number of nitriles is 1. The highest BCUT2D eigenvalue weighted by Crippen LogP contribution is 2.10. The lowest BCUT2D eigenvalue weighted by atomic mass is 10.2. The van der Waals surface area contributed by atoms with Gasteiger partial charge in [-0.2, -0.15) is 5.26 Å². The van der Waals surface area contributed by atoms with Gasteiger partial charge < -0.3 is 24.6 Å². The van der Waals surface area contributed by atoms with Gasteiger partial charge in [-0.25, -0.2) is 0 Å². The van der Waals surface area contributed by atoms with E-state index in [-0.39, 0.29) is 17.9 Å². The van der Waals surface area contributed by atoms with Gasteiger partial charge in [-0.15, -0.1) is 0 Å². The first kappa shape index (κ1) is 21.0. The number of hydrogen-bond donors (Lipinski definition) is 2. The monoisotopic (exact) mass is 388 g/mol. The van der Waals surface area contributed by atoms with Crippen molar-refractivity contribution in [1.29, 1.82) is 5.26 Å². The summed E-state index contributed by atoms with van der Waals surface area (Å²) in [7, 11) is 0. The molecule has 0 radical (unpaired) electrons. The highest BCUT2D eigenvalue weighted by Gasteiger charge is 2.23. The minimum atomic E-state index is -0.829. The average molecular weight is 388 g/mol. The molecule has 0 bridgehead atoms. The Morgan fingerprint density at radius 1 is 1.21 bits per heavy atom. The van der Waals surface area contributed by atoms with Crippen molar-refractivity contribution < 1.29 is 23.9 Å². The van der Waals surface area contributed by atoms with E-state index in [0.717, 1.165) is 0 Å². The van der Waals surface area contributed by atoms with Crippen molar-refractivity contribution in [2.75, 3.05) is 32.7 Å². The van der Waals surface area contributed by atoms with Crippen LogP contribution in [0.1, 0.15) is 36.2 Å². The second-order valence-corrected chi connectivity index (χ2v) is 6.42. The summed E-state index contributed by atoms with van der Waals surface area (Å²) in [5.74, 6) is -1.15. The van der Waals surface area contributed by atoms with Crippen LogP contribution in [0.2, 0.25) is 0 Å². The Morgan fingerprint density at radius 3 is 2.57 bits per heavy atom. The minimum absolute atomic E-state index is 0.0105. The fraction of sp³-hybridized carbons (Fsp3) is 0.474. The third-order valence-electron chi connectivity index (χ3n) is 4.36. The van der Waals surface area contributed by atoms with E-state index >= 15 is 0 Å². The number of furan rings is 1. The van der Waals surface area contributed by atoms with Crippen molar-refractivity contribution >= 4 is 17.8 Å². The third kappa shape index (κ3) is 6.46. The number of hydrogen-bond acceptors (Lipinski definition) is 6. The van der Waals surface area contributed by atoms with Crippen LogP contribution >= 0.6 is 0 Å². The SMILES string of the molecule is N#C/C(=C/N1CCN(C(=O)c2ccco2)CC1)C(=O)NCCCCCC(=O)O. The van der Waals surface area contributed by atoms with Gasteiger partial charge in [-0.3, -0.25) is 14.4 Å². The summed E-state index contributed by atoms with van der Waals surface area (Å²) in [6, 6.07) is 5.19. The molecule has 1 saturated heterocycles. The van der Waals surface area contributed by atoms with E-state index in [2.05, 4.69) is 5.32 Å². The van der Waals surface area contributed by atoms with Crippen LogP contribution in [0.4, 0.5) is 0 Å². The fourth-order valence-corrected chi connectivity index (χ4v) is 2.81. The van der Waals surface area contributed by atoms with Gasteiger partial charge >= 0.3 is 5.97 Å². The maximum atomic E-state index is 12.2. The van der Waals surface area contributed by atoms with Crippen LogP contribution in [0.25, 0.3) is 0 Å². The fourth-order valence-electron chi connectivity index (χ4n) is 2.81. The van der Waals surface area contributed by atoms with Crippen LogP contribution in [0.15, 0.2) is 34.6 Å². The van der Waals surface area contributed by atoms with Crippen LogP contribution < -0.4 is 5.32 Å². The first-order valence-corrected chi connectivity index (χ1v) is 9.20. The van der Waals surface area contributed by atoms with Gasteiger partial charge in [0.2, 0.25) is 0 Å². The smallest absolute Gasteiger partial charge is 0.303 e. The number of unbranched alkanes of at least 4 members (excludes halogenated alkanes) is 2. The highest BCUT2D eigenvalue weighted by molar-refractivity contribution is 5.97. The van der Waals surface area contributed by atoms with E-state index in [1.54, 1.807) is 17.0 Å². The van der Waals surface area contributed by atoms with E-state index in [4.69, 9.17) is 9.52 Å². The number of carbonyl (C=O) groups is 3. The Bertz CT molecular complexity index is 743. The number of carboxylic acid groups (broad SMARTS) is 1. The van der Waals surface area contributed by atoms with E-state index in [1.165, 1.54) is 12.5 Å².